The van der Waals surface area contributed by atoms with Gasteiger partial charge in [-0.2, -0.15) is 0 Å². The lowest BCUT2D eigenvalue weighted by atomic mass is 10.3. The summed E-state index contributed by atoms with van der Waals surface area (Å²) < 4.78 is 0. The van der Waals surface area contributed by atoms with Crippen molar-refractivity contribution in [2.45, 2.75) is 27.7 Å². The lowest BCUT2D eigenvalue weighted by Crippen LogP contribution is -2.18. The maximum absolute atomic E-state index is 12.4. The van der Waals surface area contributed by atoms with Crippen molar-refractivity contribution in [3.63, 3.8) is 0 Å². The van der Waals surface area contributed by atoms with Gasteiger partial charge < -0.3 is 0 Å². The van der Waals surface area contributed by atoms with Crippen LogP contribution in [-0.4, -0.2) is 26.8 Å². The number of pyridine rings is 1. The lowest BCUT2D eigenvalue weighted by molar-refractivity contribution is 0.101. The zero-order chi connectivity index (χ0) is 18.8. The fraction of sp³-hybridized carbons (Fsp3) is 0.235. The van der Waals surface area contributed by atoms with E-state index in [-0.39, 0.29) is 11.4 Å². The minimum atomic E-state index is -0.408. The molecule has 0 bridgehead atoms. The van der Waals surface area contributed by atoms with Gasteiger partial charge in [0, 0.05) is 9.75 Å². The first-order valence-corrected chi connectivity index (χ1v) is 9.44. The monoisotopic (exact) mass is 387 g/mol. The second-order valence-electron chi connectivity index (χ2n) is 5.64. The maximum Gasteiger partial charge on any atom is 0.276 e. The number of rotatable bonds is 4. The predicted octanol–water partition coefficient (Wildman–Crippen LogP) is 3.73. The van der Waals surface area contributed by atoms with Crippen LogP contribution < -0.4 is 10.6 Å². The van der Waals surface area contributed by atoms with Gasteiger partial charge in [-0.1, -0.05) is 6.07 Å². The third-order valence-electron chi connectivity index (χ3n) is 3.71. The Morgan fingerprint density at radius 1 is 0.769 bits per heavy atom. The van der Waals surface area contributed by atoms with Gasteiger partial charge in [-0.15, -0.1) is 22.7 Å². The molecule has 7 nitrogen and oxygen atoms in total. The molecule has 134 valence electrons. The van der Waals surface area contributed by atoms with Crippen molar-refractivity contribution in [1.29, 1.82) is 0 Å². The Kier molecular flexibility index (Phi) is 5.10. The SMILES string of the molecule is Cc1nc(NC(=O)c2cccc(C(=O)Nc3nc(C)c(C)s3)n2)sc1C. The number of anilines is 2. The molecule has 0 fully saturated rings. The van der Waals surface area contributed by atoms with Crippen LogP contribution in [0.3, 0.4) is 0 Å². The summed E-state index contributed by atoms with van der Waals surface area (Å²) in [6.45, 7) is 7.64. The molecule has 0 spiro atoms. The fourth-order valence-electron chi connectivity index (χ4n) is 2.06. The second kappa shape index (κ2) is 7.30. The number of nitrogens with one attached hydrogen (secondary N) is 2. The molecule has 0 aliphatic carbocycles. The number of amides is 2. The Balaban J connectivity index is 1.74. The third-order valence-corrected chi connectivity index (χ3v) is 5.69. The molecule has 9 heteroatoms. The zero-order valence-corrected chi connectivity index (χ0v) is 16.3. The number of hydrogen-bond donors (Lipinski definition) is 2. The van der Waals surface area contributed by atoms with Crippen molar-refractivity contribution in [3.05, 3.63) is 50.7 Å². The Morgan fingerprint density at radius 3 is 1.54 bits per heavy atom. The molecule has 0 unspecified atom stereocenters. The van der Waals surface area contributed by atoms with E-state index in [2.05, 4.69) is 25.6 Å². The van der Waals surface area contributed by atoms with Gasteiger partial charge in [0.2, 0.25) is 0 Å². The molecule has 3 heterocycles. The van der Waals surface area contributed by atoms with Gasteiger partial charge in [0.1, 0.15) is 11.4 Å². The number of nitrogens with zero attached hydrogens (tertiary/aromatic N) is 3. The van der Waals surface area contributed by atoms with Crippen LogP contribution in [0.2, 0.25) is 0 Å². The molecule has 0 radical (unpaired) electrons. The average Bonchev–Trinajstić information content (AvgIpc) is 3.08. The highest BCUT2D eigenvalue weighted by Gasteiger charge is 2.15. The number of hydrogen-bond acceptors (Lipinski definition) is 7. The first kappa shape index (κ1) is 18.2. The van der Waals surface area contributed by atoms with E-state index in [0.717, 1.165) is 21.1 Å². The number of carbonyl (C=O) groups is 2. The highest BCUT2D eigenvalue weighted by atomic mass is 32.1. The van der Waals surface area contributed by atoms with E-state index in [1.165, 1.54) is 22.7 Å². The second-order valence-corrected chi connectivity index (χ2v) is 8.04. The number of carbonyl (C=O) groups excluding carboxylic acids is 2. The summed E-state index contributed by atoms with van der Waals surface area (Å²) in [6.07, 6.45) is 0. The molecule has 0 aliphatic rings. The maximum atomic E-state index is 12.4. The van der Waals surface area contributed by atoms with E-state index >= 15 is 0 Å². The Hall–Kier alpha value is -2.65. The first-order chi connectivity index (χ1) is 12.3. The molecule has 0 aliphatic heterocycles. The minimum Gasteiger partial charge on any atom is -0.296 e. The predicted molar refractivity (Wildman–Crippen MR) is 103 cm³/mol. The molecular weight excluding hydrogens is 370 g/mol. The lowest BCUT2D eigenvalue weighted by Gasteiger charge is -2.04. The van der Waals surface area contributed by atoms with Crippen molar-refractivity contribution in [3.8, 4) is 0 Å². The van der Waals surface area contributed by atoms with Crippen LogP contribution in [0.5, 0.6) is 0 Å². The van der Waals surface area contributed by atoms with Gasteiger partial charge in [0.25, 0.3) is 11.8 Å². The van der Waals surface area contributed by atoms with Gasteiger partial charge in [0.15, 0.2) is 10.3 Å². The standard InChI is InChI=1S/C17H17N5O2S2/c1-8-10(3)25-16(18-8)21-14(23)12-6-5-7-13(20-12)15(24)22-17-19-9(2)11(4)26-17/h5-7H,1-4H3,(H,18,21,23)(H,19,22,24). The van der Waals surface area contributed by atoms with Crippen molar-refractivity contribution in [1.82, 2.24) is 15.0 Å². The summed E-state index contributed by atoms with van der Waals surface area (Å²) in [5.41, 5.74) is 2.05. The van der Waals surface area contributed by atoms with Crippen LogP contribution in [0.1, 0.15) is 42.1 Å². The summed E-state index contributed by atoms with van der Waals surface area (Å²) in [7, 11) is 0. The third kappa shape index (κ3) is 3.94. The van der Waals surface area contributed by atoms with Gasteiger partial charge in [-0.25, -0.2) is 15.0 Å². The summed E-state index contributed by atoms with van der Waals surface area (Å²) >= 11 is 2.79. The van der Waals surface area contributed by atoms with Crippen LogP contribution >= 0.6 is 22.7 Å². The molecule has 0 saturated heterocycles. The van der Waals surface area contributed by atoms with Gasteiger partial charge >= 0.3 is 0 Å². The largest absolute Gasteiger partial charge is 0.296 e. The van der Waals surface area contributed by atoms with Gasteiger partial charge in [-0.3, -0.25) is 20.2 Å². The normalized spacial score (nSPS) is 10.6. The molecule has 26 heavy (non-hydrogen) atoms. The quantitative estimate of drug-likeness (QED) is 0.711. The Labute approximate surface area is 158 Å². The first-order valence-electron chi connectivity index (χ1n) is 7.81. The van der Waals surface area contributed by atoms with Crippen molar-refractivity contribution in [2.24, 2.45) is 0 Å². The Bertz CT molecular complexity index is 878. The van der Waals surface area contributed by atoms with E-state index in [0.29, 0.717) is 10.3 Å². The van der Waals surface area contributed by atoms with E-state index in [1.807, 2.05) is 27.7 Å². The molecule has 3 aromatic heterocycles. The topological polar surface area (TPSA) is 96.9 Å². The smallest absolute Gasteiger partial charge is 0.276 e. The molecule has 2 N–H and O–H groups in total. The van der Waals surface area contributed by atoms with Crippen molar-refractivity contribution >= 4 is 44.8 Å². The summed E-state index contributed by atoms with van der Waals surface area (Å²) in [5.74, 6) is -0.816. The highest BCUT2D eigenvalue weighted by molar-refractivity contribution is 7.16. The van der Waals surface area contributed by atoms with Crippen LogP contribution in [-0.2, 0) is 0 Å². The molecule has 3 aromatic rings. The van der Waals surface area contributed by atoms with E-state index in [9.17, 15) is 9.59 Å². The van der Waals surface area contributed by atoms with Crippen molar-refractivity contribution < 1.29 is 9.59 Å². The van der Waals surface area contributed by atoms with E-state index < -0.39 is 11.8 Å². The van der Waals surface area contributed by atoms with Crippen LogP contribution in [0.15, 0.2) is 18.2 Å². The van der Waals surface area contributed by atoms with Gasteiger partial charge in [0.05, 0.1) is 11.4 Å². The van der Waals surface area contributed by atoms with Crippen LogP contribution in [0, 0.1) is 27.7 Å². The van der Waals surface area contributed by atoms with Gasteiger partial charge in [-0.05, 0) is 39.8 Å². The zero-order valence-electron chi connectivity index (χ0n) is 14.7. The Morgan fingerprint density at radius 2 is 1.19 bits per heavy atom. The van der Waals surface area contributed by atoms with Crippen LogP contribution in [0.25, 0.3) is 0 Å². The number of aromatic nitrogens is 3. The summed E-state index contributed by atoms with van der Waals surface area (Å²) in [5, 5.41) is 6.44. The summed E-state index contributed by atoms with van der Waals surface area (Å²) in [4.78, 5) is 39.5. The number of thiazole rings is 2. The minimum absolute atomic E-state index is 0.148. The molecule has 2 amide bonds. The van der Waals surface area contributed by atoms with Crippen LogP contribution in [0.4, 0.5) is 10.3 Å². The van der Waals surface area contributed by atoms with E-state index in [4.69, 9.17) is 0 Å². The molecule has 0 atom stereocenters. The molecular formula is C17H17N5O2S2. The highest BCUT2D eigenvalue weighted by Crippen LogP contribution is 2.22. The molecule has 0 aromatic carbocycles. The van der Waals surface area contributed by atoms with Crippen molar-refractivity contribution in [2.75, 3.05) is 10.6 Å². The molecule has 3 rings (SSSR count). The van der Waals surface area contributed by atoms with E-state index in [1.54, 1.807) is 18.2 Å². The molecule has 0 saturated carbocycles. The fourth-order valence-corrected chi connectivity index (χ4v) is 3.68. The average molecular weight is 387 g/mol. The number of aryl methyl sites for hydroxylation is 4. The summed E-state index contributed by atoms with van der Waals surface area (Å²) in [6, 6.07) is 4.72.